The number of nitrogens with zero attached hydrogens (tertiary/aromatic N) is 2. The van der Waals surface area contributed by atoms with Gasteiger partial charge in [0.25, 0.3) is 6.20 Å². The number of hydrogen-bond acceptors (Lipinski definition) is 7. The van der Waals surface area contributed by atoms with Crippen molar-refractivity contribution >= 4 is 23.3 Å². The molecule has 0 atom stereocenters. The number of aromatic nitrogens is 1. The quantitative estimate of drug-likeness (QED) is 0.429. The molecule has 0 aliphatic rings. The van der Waals surface area contributed by atoms with E-state index in [1.54, 1.807) is 18.8 Å². The van der Waals surface area contributed by atoms with E-state index in [1.807, 2.05) is 6.92 Å². The maximum absolute atomic E-state index is 10.3. The number of thioether (sulfide) groups is 1. The molecule has 0 fully saturated rings. The van der Waals surface area contributed by atoms with Crippen molar-refractivity contribution in [2.45, 2.75) is 12.7 Å². The average Bonchev–Trinajstić information content (AvgIpc) is 2.72. The molecule has 1 heterocycles. The van der Waals surface area contributed by atoms with Crippen molar-refractivity contribution in [3.05, 3.63) is 38.8 Å². The van der Waals surface area contributed by atoms with Crippen LogP contribution in [0.3, 0.4) is 0 Å². The summed E-state index contributed by atoms with van der Waals surface area (Å²) in [5.41, 5.74) is 2.35. The topological polar surface area (TPSA) is 80.1 Å². The van der Waals surface area contributed by atoms with Crippen LogP contribution >= 0.6 is 23.3 Å². The van der Waals surface area contributed by atoms with Gasteiger partial charge in [-0.1, -0.05) is 0 Å². The standard InChI is InChI=1S/C10H16N4O2S2/c1-8-9(7-18-13-8)6-17-4-3-12-10(11-2)5-14(15)16/h5,7,11-12H,3-4,6H2,1-2H3/b10-5-. The molecule has 0 aliphatic carbocycles. The molecule has 0 unspecified atom stereocenters. The minimum atomic E-state index is -0.480. The molecule has 1 aromatic heterocycles. The van der Waals surface area contributed by atoms with E-state index in [0.717, 1.165) is 23.4 Å². The van der Waals surface area contributed by atoms with Crippen molar-refractivity contribution in [1.29, 1.82) is 0 Å². The van der Waals surface area contributed by atoms with Crippen LogP contribution in [0.2, 0.25) is 0 Å². The highest BCUT2D eigenvalue weighted by atomic mass is 32.2. The van der Waals surface area contributed by atoms with Gasteiger partial charge in [0.15, 0.2) is 5.82 Å². The van der Waals surface area contributed by atoms with Gasteiger partial charge in [-0.3, -0.25) is 10.1 Å². The van der Waals surface area contributed by atoms with E-state index in [1.165, 1.54) is 17.1 Å². The zero-order valence-corrected chi connectivity index (χ0v) is 11.9. The van der Waals surface area contributed by atoms with Gasteiger partial charge in [0.2, 0.25) is 0 Å². The van der Waals surface area contributed by atoms with Gasteiger partial charge in [0.1, 0.15) is 0 Å². The monoisotopic (exact) mass is 288 g/mol. The van der Waals surface area contributed by atoms with Crippen LogP contribution in [-0.2, 0) is 5.75 Å². The first kappa shape index (κ1) is 14.8. The molecule has 0 saturated carbocycles. The largest absolute Gasteiger partial charge is 0.370 e. The maximum Gasteiger partial charge on any atom is 0.274 e. The molecule has 0 aromatic carbocycles. The molecule has 0 radical (unpaired) electrons. The van der Waals surface area contributed by atoms with Gasteiger partial charge in [-0.2, -0.15) is 16.1 Å². The van der Waals surface area contributed by atoms with E-state index in [-0.39, 0.29) is 0 Å². The summed E-state index contributed by atoms with van der Waals surface area (Å²) in [7, 11) is 1.65. The first-order valence-electron chi connectivity index (χ1n) is 5.38. The molecule has 0 saturated heterocycles. The fourth-order valence-electron chi connectivity index (χ4n) is 1.20. The number of rotatable bonds is 8. The molecule has 8 heteroatoms. The van der Waals surface area contributed by atoms with Crippen molar-refractivity contribution in [3.8, 4) is 0 Å². The Bertz CT molecular complexity index is 420. The van der Waals surface area contributed by atoms with Crippen LogP contribution in [0.4, 0.5) is 0 Å². The summed E-state index contributed by atoms with van der Waals surface area (Å²) in [6, 6.07) is 0. The summed E-state index contributed by atoms with van der Waals surface area (Å²) in [5, 5.41) is 18.1. The van der Waals surface area contributed by atoms with Gasteiger partial charge in [0, 0.05) is 30.5 Å². The Kier molecular flexibility index (Phi) is 6.51. The lowest BCUT2D eigenvalue weighted by Crippen LogP contribution is -2.26. The second kappa shape index (κ2) is 7.93. The summed E-state index contributed by atoms with van der Waals surface area (Å²) in [6.45, 7) is 2.69. The van der Waals surface area contributed by atoms with Crippen molar-refractivity contribution in [2.24, 2.45) is 0 Å². The van der Waals surface area contributed by atoms with E-state index in [2.05, 4.69) is 20.4 Å². The Hall–Kier alpha value is -1.28. The van der Waals surface area contributed by atoms with Crippen molar-refractivity contribution < 1.29 is 4.92 Å². The zero-order chi connectivity index (χ0) is 13.4. The highest BCUT2D eigenvalue weighted by Gasteiger charge is 2.02. The summed E-state index contributed by atoms with van der Waals surface area (Å²) in [4.78, 5) is 9.81. The Morgan fingerprint density at radius 2 is 2.50 bits per heavy atom. The Labute approximate surface area is 114 Å². The normalized spacial score (nSPS) is 11.3. The van der Waals surface area contributed by atoms with Gasteiger partial charge in [-0.25, -0.2) is 0 Å². The molecule has 1 rings (SSSR count). The third-order valence-electron chi connectivity index (χ3n) is 2.17. The number of nitrogens with one attached hydrogen (secondary N) is 2. The summed E-state index contributed by atoms with van der Waals surface area (Å²) < 4.78 is 4.21. The van der Waals surface area contributed by atoms with E-state index < -0.39 is 4.92 Å². The second-order valence-electron chi connectivity index (χ2n) is 3.48. The minimum absolute atomic E-state index is 0.425. The summed E-state index contributed by atoms with van der Waals surface area (Å²) in [5.74, 6) is 2.23. The van der Waals surface area contributed by atoms with E-state index >= 15 is 0 Å². The van der Waals surface area contributed by atoms with Crippen LogP contribution in [0.25, 0.3) is 0 Å². The van der Waals surface area contributed by atoms with Crippen molar-refractivity contribution in [3.63, 3.8) is 0 Å². The predicted molar refractivity (Wildman–Crippen MR) is 75.2 cm³/mol. The second-order valence-corrected chi connectivity index (χ2v) is 5.22. The molecule has 6 nitrogen and oxygen atoms in total. The van der Waals surface area contributed by atoms with E-state index in [0.29, 0.717) is 12.4 Å². The van der Waals surface area contributed by atoms with Gasteiger partial charge in [-0.05, 0) is 24.0 Å². The first-order chi connectivity index (χ1) is 8.63. The Morgan fingerprint density at radius 1 is 1.72 bits per heavy atom. The molecule has 18 heavy (non-hydrogen) atoms. The van der Waals surface area contributed by atoms with Crippen LogP contribution in [-0.4, -0.2) is 28.6 Å². The number of hydrogen-bond donors (Lipinski definition) is 2. The van der Waals surface area contributed by atoms with Gasteiger partial charge < -0.3 is 10.6 Å². The lowest BCUT2D eigenvalue weighted by atomic mass is 10.3. The molecule has 0 spiro atoms. The molecular formula is C10H16N4O2S2. The fraction of sp³-hybridized carbons (Fsp3) is 0.500. The molecule has 0 amide bonds. The summed E-state index contributed by atoms with van der Waals surface area (Å²) in [6.07, 6.45) is 0.928. The highest BCUT2D eigenvalue weighted by Crippen LogP contribution is 2.16. The molecule has 2 N–H and O–H groups in total. The van der Waals surface area contributed by atoms with Crippen molar-refractivity contribution in [1.82, 2.24) is 15.0 Å². The van der Waals surface area contributed by atoms with Gasteiger partial charge in [-0.15, -0.1) is 0 Å². The predicted octanol–water partition coefficient (Wildman–Crippen LogP) is 1.57. The van der Waals surface area contributed by atoms with Gasteiger partial charge >= 0.3 is 0 Å². The van der Waals surface area contributed by atoms with Crippen molar-refractivity contribution in [2.75, 3.05) is 19.3 Å². The van der Waals surface area contributed by atoms with Crippen LogP contribution in [0.1, 0.15) is 11.3 Å². The smallest absolute Gasteiger partial charge is 0.274 e. The molecule has 1 aromatic rings. The van der Waals surface area contributed by atoms with E-state index in [9.17, 15) is 10.1 Å². The van der Waals surface area contributed by atoms with Crippen LogP contribution < -0.4 is 10.6 Å². The molecule has 0 bridgehead atoms. The SMILES string of the molecule is CN/C(=C/[N+](=O)[O-])NCCSCc1csnc1C. The van der Waals surface area contributed by atoms with Crippen LogP contribution in [0, 0.1) is 17.0 Å². The molecule has 100 valence electrons. The maximum atomic E-state index is 10.3. The minimum Gasteiger partial charge on any atom is -0.370 e. The van der Waals surface area contributed by atoms with Crippen LogP contribution in [0.5, 0.6) is 0 Å². The Balaban J connectivity index is 2.19. The van der Waals surface area contributed by atoms with E-state index in [4.69, 9.17) is 0 Å². The highest BCUT2D eigenvalue weighted by molar-refractivity contribution is 7.98. The summed E-state index contributed by atoms with van der Waals surface area (Å²) >= 11 is 3.25. The molecular weight excluding hydrogens is 272 g/mol. The zero-order valence-electron chi connectivity index (χ0n) is 10.3. The average molecular weight is 288 g/mol. The fourth-order valence-corrected chi connectivity index (χ4v) is 2.91. The lowest BCUT2D eigenvalue weighted by molar-refractivity contribution is -0.404. The third-order valence-corrected chi connectivity index (χ3v) is 3.95. The third kappa shape index (κ3) is 5.37. The molecule has 0 aliphatic heterocycles. The van der Waals surface area contributed by atoms with Gasteiger partial charge in [0.05, 0.1) is 10.6 Å². The number of nitro groups is 1. The number of aryl methyl sites for hydroxylation is 1. The lowest BCUT2D eigenvalue weighted by Gasteiger charge is -2.07. The Morgan fingerprint density at radius 3 is 3.06 bits per heavy atom. The van der Waals surface area contributed by atoms with Crippen LogP contribution in [0.15, 0.2) is 17.4 Å². The first-order valence-corrected chi connectivity index (χ1v) is 7.37.